The molecule has 1 N–H and O–H groups in total. The summed E-state index contributed by atoms with van der Waals surface area (Å²) in [5.41, 5.74) is 1.75. The number of nitrogens with zero attached hydrogens (tertiary/aromatic N) is 3. The SMILES string of the molecule is Cc1nn(Cc2ccc(F)cc2)c2sc(C(=O)NCCCN3C(=O)CCC3=O)cc12. The van der Waals surface area contributed by atoms with E-state index in [1.165, 1.54) is 28.4 Å². The van der Waals surface area contributed by atoms with Crippen LogP contribution in [0, 0.1) is 12.7 Å². The third-order valence-corrected chi connectivity index (χ3v) is 6.22. The number of hydrogen-bond acceptors (Lipinski definition) is 5. The van der Waals surface area contributed by atoms with Crippen LogP contribution in [0.4, 0.5) is 4.39 Å². The van der Waals surface area contributed by atoms with E-state index >= 15 is 0 Å². The summed E-state index contributed by atoms with van der Waals surface area (Å²) >= 11 is 1.36. The molecule has 3 aromatic rings. The van der Waals surface area contributed by atoms with Gasteiger partial charge in [0.15, 0.2) is 0 Å². The largest absolute Gasteiger partial charge is 0.351 e. The number of carbonyl (C=O) groups is 3. The Morgan fingerprint density at radius 1 is 1.20 bits per heavy atom. The Morgan fingerprint density at radius 3 is 2.60 bits per heavy atom. The first kappa shape index (κ1) is 20.2. The van der Waals surface area contributed by atoms with Crippen LogP contribution >= 0.6 is 11.3 Å². The molecule has 0 saturated carbocycles. The standard InChI is InChI=1S/C21H21FN4O3S/c1-13-16-11-17(20(29)23-9-2-10-25-18(27)7-8-19(25)28)30-21(16)26(24-13)12-14-3-5-15(22)6-4-14/h3-6,11H,2,7-10,12H2,1H3,(H,23,29). The zero-order valence-corrected chi connectivity index (χ0v) is 17.3. The van der Waals surface area contributed by atoms with Gasteiger partial charge in [-0.2, -0.15) is 5.10 Å². The van der Waals surface area contributed by atoms with Gasteiger partial charge in [-0.3, -0.25) is 24.0 Å². The molecule has 0 unspecified atom stereocenters. The van der Waals surface area contributed by atoms with E-state index in [0.717, 1.165) is 21.5 Å². The molecule has 30 heavy (non-hydrogen) atoms. The number of aromatic nitrogens is 2. The lowest BCUT2D eigenvalue weighted by molar-refractivity contribution is -0.138. The maximum atomic E-state index is 13.1. The Bertz CT molecular complexity index is 1100. The molecule has 2 aromatic heterocycles. The number of thiophene rings is 1. The van der Waals surface area contributed by atoms with Crippen LogP contribution < -0.4 is 5.32 Å². The van der Waals surface area contributed by atoms with Crippen LogP contribution in [-0.4, -0.2) is 45.5 Å². The first-order valence-electron chi connectivity index (χ1n) is 9.75. The van der Waals surface area contributed by atoms with Crippen molar-refractivity contribution in [3.8, 4) is 0 Å². The molecule has 9 heteroatoms. The number of halogens is 1. The number of likely N-dealkylation sites (tertiary alicyclic amines) is 1. The number of amides is 3. The minimum Gasteiger partial charge on any atom is -0.351 e. The van der Waals surface area contributed by atoms with Gasteiger partial charge in [-0.25, -0.2) is 4.39 Å². The predicted molar refractivity (Wildman–Crippen MR) is 111 cm³/mol. The molecule has 1 aliphatic heterocycles. The second kappa shape index (κ2) is 8.35. The van der Waals surface area contributed by atoms with Crippen LogP contribution in [0.25, 0.3) is 10.2 Å². The Hall–Kier alpha value is -3.07. The summed E-state index contributed by atoms with van der Waals surface area (Å²) in [4.78, 5) is 38.5. The molecule has 156 valence electrons. The Kier molecular flexibility index (Phi) is 5.63. The highest BCUT2D eigenvalue weighted by molar-refractivity contribution is 7.20. The van der Waals surface area contributed by atoms with Crippen LogP contribution in [0.5, 0.6) is 0 Å². The molecule has 7 nitrogen and oxygen atoms in total. The highest BCUT2D eigenvalue weighted by atomic mass is 32.1. The third-order valence-electron chi connectivity index (χ3n) is 5.08. The molecule has 0 spiro atoms. The molecule has 0 atom stereocenters. The molecular formula is C21H21FN4O3S. The number of imide groups is 1. The monoisotopic (exact) mass is 428 g/mol. The minimum atomic E-state index is -0.283. The van der Waals surface area contributed by atoms with Gasteiger partial charge in [0, 0.05) is 31.3 Å². The summed E-state index contributed by atoms with van der Waals surface area (Å²) in [5, 5.41) is 8.30. The van der Waals surface area contributed by atoms with Crippen LogP contribution in [0.3, 0.4) is 0 Å². The van der Waals surface area contributed by atoms with Crippen LogP contribution in [0.15, 0.2) is 30.3 Å². The summed E-state index contributed by atoms with van der Waals surface area (Å²) in [7, 11) is 0. The number of aryl methyl sites for hydroxylation is 1. The van der Waals surface area contributed by atoms with E-state index < -0.39 is 0 Å². The van der Waals surface area contributed by atoms with E-state index in [1.54, 1.807) is 12.1 Å². The van der Waals surface area contributed by atoms with E-state index in [9.17, 15) is 18.8 Å². The van der Waals surface area contributed by atoms with Crippen molar-refractivity contribution in [1.82, 2.24) is 20.0 Å². The van der Waals surface area contributed by atoms with Gasteiger partial charge in [-0.05, 0) is 37.1 Å². The third kappa shape index (κ3) is 4.11. The average molecular weight is 428 g/mol. The second-order valence-electron chi connectivity index (χ2n) is 7.25. The molecule has 1 fully saturated rings. The van der Waals surface area contributed by atoms with Crippen molar-refractivity contribution in [3.05, 3.63) is 52.3 Å². The van der Waals surface area contributed by atoms with Gasteiger partial charge < -0.3 is 5.32 Å². The Labute approximate surface area is 176 Å². The van der Waals surface area contributed by atoms with Crippen LogP contribution in [0.2, 0.25) is 0 Å². The summed E-state index contributed by atoms with van der Waals surface area (Å²) in [5.74, 6) is -0.758. The number of fused-ring (bicyclic) bond motifs is 1. The van der Waals surface area contributed by atoms with Crippen molar-refractivity contribution in [3.63, 3.8) is 0 Å². The predicted octanol–water partition coefficient (Wildman–Crippen LogP) is 2.86. The molecule has 1 aliphatic rings. The Balaban J connectivity index is 1.39. The van der Waals surface area contributed by atoms with Crippen molar-refractivity contribution >= 4 is 39.3 Å². The normalized spacial score (nSPS) is 14.1. The van der Waals surface area contributed by atoms with Crippen molar-refractivity contribution in [1.29, 1.82) is 0 Å². The molecular weight excluding hydrogens is 407 g/mol. The van der Waals surface area contributed by atoms with Crippen LogP contribution in [0.1, 0.15) is 40.2 Å². The maximum absolute atomic E-state index is 13.1. The quantitative estimate of drug-likeness (QED) is 0.463. The van der Waals surface area contributed by atoms with E-state index in [2.05, 4.69) is 10.4 Å². The fourth-order valence-electron chi connectivity index (χ4n) is 3.49. The molecule has 1 aromatic carbocycles. The zero-order chi connectivity index (χ0) is 21.3. The molecule has 1 saturated heterocycles. The fraction of sp³-hybridized carbons (Fsp3) is 0.333. The smallest absolute Gasteiger partial charge is 0.261 e. The second-order valence-corrected chi connectivity index (χ2v) is 8.28. The average Bonchev–Trinajstić information content (AvgIpc) is 3.38. The number of carbonyl (C=O) groups excluding carboxylic acids is 3. The van der Waals surface area contributed by atoms with Crippen molar-refractivity contribution in [2.45, 2.75) is 32.7 Å². The van der Waals surface area contributed by atoms with Gasteiger partial charge >= 0.3 is 0 Å². The highest BCUT2D eigenvalue weighted by Gasteiger charge is 2.28. The molecule has 0 aliphatic carbocycles. The zero-order valence-electron chi connectivity index (χ0n) is 16.5. The molecule has 0 radical (unpaired) electrons. The summed E-state index contributed by atoms with van der Waals surface area (Å²) in [6.45, 7) is 3.09. The summed E-state index contributed by atoms with van der Waals surface area (Å²) in [6, 6.07) is 8.09. The van der Waals surface area contributed by atoms with Crippen LogP contribution in [-0.2, 0) is 16.1 Å². The van der Waals surface area contributed by atoms with Crippen molar-refractivity contribution in [2.24, 2.45) is 0 Å². The molecule has 3 heterocycles. The van der Waals surface area contributed by atoms with E-state index in [1.807, 2.05) is 17.7 Å². The number of rotatable bonds is 7. The van der Waals surface area contributed by atoms with E-state index in [-0.39, 0.29) is 36.4 Å². The van der Waals surface area contributed by atoms with Gasteiger partial charge in [-0.1, -0.05) is 12.1 Å². The minimum absolute atomic E-state index is 0.142. The number of hydrogen-bond donors (Lipinski definition) is 1. The molecule has 0 bridgehead atoms. The maximum Gasteiger partial charge on any atom is 0.261 e. The van der Waals surface area contributed by atoms with E-state index in [4.69, 9.17) is 0 Å². The molecule has 4 rings (SSSR count). The van der Waals surface area contributed by atoms with Crippen molar-refractivity contribution in [2.75, 3.05) is 13.1 Å². The lowest BCUT2D eigenvalue weighted by Gasteiger charge is -2.13. The topological polar surface area (TPSA) is 84.3 Å². The summed E-state index contributed by atoms with van der Waals surface area (Å²) in [6.07, 6.45) is 1.08. The van der Waals surface area contributed by atoms with Gasteiger partial charge in [0.05, 0.1) is 17.1 Å². The summed E-state index contributed by atoms with van der Waals surface area (Å²) < 4.78 is 15.0. The highest BCUT2D eigenvalue weighted by Crippen LogP contribution is 2.29. The molecule has 3 amide bonds. The fourth-order valence-corrected chi connectivity index (χ4v) is 4.57. The lowest BCUT2D eigenvalue weighted by Crippen LogP contribution is -2.33. The lowest BCUT2D eigenvalue weighted by atomic mass is 10.2. The van der Waals surface area contributed by atoms with Gasteiger partial charge in [0.25, 0.3) is 5.91 Å². The van der Waals surface area contributed by atoms with Crippen molar-refractivity contribution < 1.29 is 18.8 Å². The number of benzene rings is 1. The Morgan fingerprint density at radius 2 is 1.90 bits per heavy atom. The van der Waals surface area contributed by atoms with E-state index in [0.29, 0.717) is 30.9 Å². The van der Waals surface area contributed by atoms with Gasteiger partial charge in [0.2, 0.25) is 11.8 Å². The first-order valence-corrected chi connectivity index (χ1v) is 10.6. The first-order chi connectivity index (χ1) is 14.4. The van der Waals surface area contributed by atoms with Gasteiger partial charge in [-0.15, -0.1) is 11.3 Å². The van der Waals surface area contributed by atoms with Gasteiger partial charge in [0.1, 0.15) is 10.6 Å². The number of nitrogens with one attached hydrogen (secondary N) is 1.